The molecule has 6 aromatic rings. The molecule has 0 saturated carbocycles. The van der Waals surface area contributed by atoms with Crippen LogP contribution in [0.2, 0.25) is 0 Å². The molecule has 0 atom stereocenters. The minimum absolute atomic E-state index is 0.125. The van der Waals surface area contributed by atoms with Gasteiger partial charge in [-0.1, -0.05) is 84.9 Å². The molecule has 38 heavy (non-hydrogen) atoms. The molecule has 6 aromatic carbocycles. The van der Waals surface area contributed by atoms with Crippen molar-refractivity contribution in [3.8, 4) is 11.5 Å². The summed E-state index contributed by atoms with van der Waals surface area (Å²) in [5.41, 5.74) is 1.62. The Labute approximate surface area is 219 Å². The summed E-state index contributed by atoms with van der Waals surface area (Å²) in [5.74, 6) is -0.345. The molecular formula is C31H20N2O4S. The first-order valence-corrected chi connectivity index (χ1v) is 13.4. The van der Waals surface area contributed by atoms with Crippen molar-refractivity contribution >= 4 is 48.1 Å². The summed E-state index contributed by atoms with van der Waals surface area (Å²) in [4.78, 5) is 2.85. The van der Waals surface area contributed by atoms with Crippen LogP contribution in [-0.4, -0.2) is 8.42 Å². The maximum absolute atomic E-state index is 13.6. The predicted octanol–water partition coefficient (Wildman–Crippen LogP) is 7.06. The Morgan fingerprint density at radius 2 is 1.34 bits per heavy atom. The number of hydrogen-bond donors (Lipinski definition) is 0. The fourth-order valence-corrected chi connectivity index (χ4v) is 6.14. The van der Waals surface area contributed by atoms with Gasteiger partial charge in [-0.3, -0.25) is 0 Å². The lowest BCUT2D eigenvalue weighted by Crippen LogP contribution is -2.12. The van der Waals surface area contributed by atoms with E-state index in [0.717, 1.165) is 32.7 Å². The van der Waals surface area contributed by atoms with E-state index in [1.165, 1.54) is 30.3 Å². The number of benzene rings is 6. The van der Waals surface area contributed by atoms with Crippen molar-refractivity contribution in [2.75, 3.05) is 0 Å². The van der Waals surface area contributed by atoms with E-state index in [2.05, 4.69) is 11.0 Å². The number of nitrogens with zero attached hydrogens (tertiary/aromatic N) is 2. The maximum atomic E-state index is 13.6. The van der Waals surface area contributed by atoms with E-state index in [1.54, 1.807) is 6.07 Å². The molecule has 0 N–H and O–H groups in total. The van der Waals surface area contributed by atoms with Crippen LogP contribution in [0.4, 0.5) is 5.69 Å². The average Bonchev–Trinajstić information content (AvgIpc) is 2.94. The zero-order valence-corrected chi connectivity index (χ0v) is 20.9. The van der Waals surface area contributed by atoms with Gasteiger partial charge in [-0.25, -0.2) is 0 Å². The lowest BCUT2D eigenvalue weighted by molar-refractivity contribution is -0.264. The fourth-order valence-electron chi connectivity index (χ4n) is 4.96. The van der Waals surface area contributed by atoms with Crippen molar-refractivity contribution in [1.29, 1.82) is 5.39 Å². The fraction of sp³-hybridized carbons (Fsp3) is 0.0323. The molecule has 0 amide bonds. The van der Waals surface area contributed by atoms with Gasteiger partial charge in [-0.05, 0) is 56.4 Å². The molecule has 184 valence electrons. The largest absolute Gasteiger partial charge is 0.867 e. The Morgan fingerprint density at radius 1 is 0.684 bits per heavy atom. The molecule has 6 nitrogen and oxygen atoms in total. The van der Waals surface area contributed by atoms with Crippen LogP contribution in [0.15, 0.2) is 114 Å². The number of diazo groups is 1. The molecule has 0 bridgehead atoms. The lowest BCUT2D eigenvalue weighted by Gasteiger charge is -2.17. The summed E-state index contributed by atoms with van der Waals surface area (Å²) in [6, 6.07) is 32.5. The second-order valence-corrected chi connectivity index (χ2v) is 10.5. The van der Waals surface area contributed by atoms with E-state index in [-0.39, 0.29) is 27.1 Å². The van der Waals surface area contributed by atoms with Crippen molar-refractivity contribution in [2.24, 2.45) is 0 Å². The molecule has 0 aliphatic carbocycles. The quantitative estimate of drug-likeness (QED) is 0.181. The van der Waals surface area contributed by atoms with Crippen LogP contribution in [0.1, 0.15) is 11.1 Å². The first-order valence-electron chi connectivity index (χ1n) is 12.0. The summed E-state index contributed by atoms with van der Waals surface area (Å²) >= 11 is 0. The lowest BCUT2D eigenvalue weighted by atomic mass is 9.94. The van der Waals surface area contributed by atoms with Gasteiger partial charge in [-0.2, -0.15) is 8.42 Å². The first kappa shape index (κ1) is 23.5. The Kier molecular flexibility index (Phi) is 5.67. The smallest absolute Gasteiger partial charge is 0.378 e. The van der Waals surface area contributed by atoms with Gasteiger partial charge in [0.2, 0.25) is 5.39 Å². The molecule has 0 heterocycles. The van der Waals surface area contributed by atoms with E-state index < -0.39 is 15.9 Å². The summed E-state index contributed by atoms with van der Waals surface area (Å²) in [5, 5.41) is 26.1. The third kappa shape index (κ3) is 3.97. The van der Waals surface area contributed by atoms with Crippen molar-refractivity contribution in [3.63, 3.8) is 0 Å². The highest BCUT2D eigenvalue weighted by Crippen LogP contribution is 2.38. The summed E-state index contributed by atoms with van der Waals surface area (Å²) in [6.45, 7) is 0. The molecule has 0 aliphatic heterocycles. The van der Waals surface area contributed by atoms with Gasteiger partial charge < -0.3 is 9.29 Å². The van der Waals surface area contributed by atoms with Crippen LogP contribution in [0.25, 0.3) is 37.3 Å². The predicted molar refractivity (Wildman–Crippen MR) is 147 cm³/mol. The maximum Gasteiger partial charge on any atom is 0.378 e. The number of rotatable bonds is 5. The molecule has 0 unspecified atom stereocenters. The summed E-state index contributed by atoms with van der Waals surface area (Å²) in [7, 11) is -4.33. The molecule has 7 heteroatoms. The molecule has 0 aliphatic rings. The van der Waals surface area contributed by atoms with Crippen LogP contribution in [0, 0.1) is 5.39 Å². The van der Waals surface area contributed by atoms with Gasteiger partial charge in [0.1, 0.15) is 10.6 Å². The van der Waals surface area contributed by atoms with E-state index >= 15 is 0 Å². The highest BCUT2D eigenvalue weighted by molar-refractivity contribution is 7.87. The zero-order chi connectivity index (χ0) is 26.3. The zero-order valence-electron chi connectivity index (χ0n) is 20.0. The van der Waals surface area contributed by atoms with Gasteiger partial charge in [-0.15, -0.1) is 0 Å². The minimum Gasteiger partial charge on any atom is -0.867 e. The Hall–Kier alpha value is -4.93. The highest BCUT2D eigenvalue weighted by Gasteiger charge is 2.24. The molecule has 6 rings (SSSR count). The van der Waals surface area contributed by atoms with Crippen LogP contribution < -0.4 is 9.29 Å². The van der Waals surface area contributed by atoms with Gasteiger partial charge in [0, 0.05) is 23.4 Å². The number of hydrogen-bond acceptors (Lipinski definition) is 5. The molecule has 0 aromatic heterocycles. The molecular weight excluding hydrogens is 496 g/mol. The molecule has 0 fully saturated rings. The van der Waals surface area contributed by atoms with Crippen molar-refractivity contribution in [2.45, 2.75) is 11.3 Å². The van der Waals surface area contributed by atoms with Gasteiger partial charge in [0.25, 0.3) is 0 Å². The Balaban J connectivity index is 1.50. The van der Waals surface area contributed by atoms with Gasteiger partial charge in [0.05, 0.1) is 0 Å². The number of fused-ring (bicyclic) bond motifs is 3. The van der Waals surface area contributed by atoms with Crippen molar-refractivity contribution < 1.29 is 17.7 Å². The van der Waals surface area contributed by atoms with E-state index in [1.807, 2.05) is 66.7 Å². The van der Waals surface area contributed by atoms with Gasteiger partial charge >= 0.3 is 15.8 Å². The van der Waals surface area contributed by atoms with Crippen molar-refractivity contribution in [3.05, 3.63) is 125 Å². The third-order valence-electron chi connectivity index (χ3n) is 6.77. The standard InChI is InChI=1S/C31H20N2O4S/c32-33-28-17-16-25-26(31(28)34)13-6-14-30(25)38(35,36)37-29-18-15-21-8-2-4-12-24(21)27(29)19-22-10-5-9-20-7-1-3-11-23(20)22/h1-18H,19H2. The van der Waals surface area contributed by atoms with E-state index in [4.69, 9.17) is 9.58 Å². The van der Waals surface area contributed by atoms with Gasteiger partial charge in [0.15, 0.2) is 4.98 Å². The third-order valence-corrected chi connectivity index (χ3v) is 8.07. The van der Waals surface area contributed by atoms with Crippen LogP contribution >= 0.6 is 0 Å². The normalized spacial score (nSPS) is 11.6. The Morgan fingerprint density at radius 3 is 2.13 bits per heavy atom. The van der Waals surface area contributed by atoms with E-state index in [0.29, 0.717) is 6.42 Å². The molecule has 0 radical (unpaired) electrons. The average molecular weight is 517 g/mol. The van der Waals surface area contributed by atoms with Crippen molar-refractivity contribution in [1.82, 2.24) is 0 Å². The highest BCUT2D eigenvalue weighted by atomic mass is 32.2. The van der Waals surface area contributed by atoms with E-state index in [9.17, 15) is 13.5 Å². The second kappa shape index (κ2) is 9.18. The molecule has 0 spiro atoms. The van der Waals surface area contributed by atoms with Crippen LogP contribution in [0.5, 0.6) is 11.5 Å². The summed E-state index contributed by atoms with van der Waals surface area (Å²) < 4.78 is 33.1. The Bertz CT molecular complexity index is 2020. The monoisotopic (exact) mass is 516 g/mol. The first-order chi connectivity index (χ1) is 18.5. The SMILES string of the molecule is N#[N+]c1ccc2c(S(=O)(=O)Oc3ccc4ccccc4c3Cc3cccc4ccccc34)cccc2c1[O-]. The van der Waals surface area contributed by atoms with Crippen LogP contribution in [0.3, 0.4) is 0 Å². The minimum atomic E-state index is -4.33. The van der Waals surface area contributed by atoms with Crippen LogP contribution in [-0.2, 0) is 16.5 Å². The second-order valence-electron chi connectivity index (χ2n) is 8.98. The summed E-state index contributed by atoms with van der Waals surface area (Å²) in [6.07, 6.45) is 0.454. The molecule has 0 saturated heterocycles. The topological polar surface area (TPSA) is 94.6 Å².